The van der Waals surface area contributed by atoms with Gasteiger partial charge in [-0.15, -0.1) is 0 Å². The molecule has 2 aliphatic heterocycles. The van der Waals surface area contributed by atoms with Crippen LogP contribution in [0.3, 0.4) is 0 Å². The summed E-state index contributed by atoms with van der Waals surface area (Å²) in [6.07, 6.45) is 4.96. The predicted octanol–water partition coefficient (Wildman–Crippen LogP) is 2.67. The molecule has 3 atom stereocenters. The molecule has 0 spiro atoms. The molecule has 0 aromatic rings. The molecule has 0 aliphatic carbocycles. The van der Waals surface area contributed by atoms with Crippen LogP contribution in [0, 0.1) is 0 Å². The molecule has 2 N–H and O–H groups in total. The number of hydrogen-bond acceptors (Lipinski definition) is 3. The first-order chi connectivity index (χ1) is 8.31. The minimum absolute atomic E-state index is 0.0191. The number of fused-ring (bicyclic) bond motifs is 1. The van der Waals surface area contributed by atoms with Gasteiger partial charge in [-0.2, -0.15) is 24.4 Å². The highest BCUT2D eigenvalue weighted by Gasteiger charge is 2.42. The van der Waals surface area contributed by atoms with Crippen molar-refractivity contribution in [2.75, 3.05) is 11.5 Å². The maximum absolute atomic E-state index is 11.1. The van der Waals surface area contributed by atoms with Crippen LogP contribution in [0.15, 0.2) is 0 Å². The summed E-state index contributed by atoms with van der Waals surface area (Å²) in [6, 6.07) is 0.765. The lowest BCUT2D eigenvalue weighted by molar-refractivity contribution is 0.247. The van der Waals surface area contributed by atoms with Crippen LogP contribution in [-0.2, 0) is 0 Å². The number of unbranched alkanes of at least 4 members (excludes halogenated alkanes) is 2. The van der Waals surface area contributed by atoms with Gasteiger partial charge in [0.15, 0.2) is 0 Å². The number of nitrogens with one attached hydrogen (secondary N) is 2. The van der Waals surface area contributed by atoms with E-state index in [9.17, 15) is 4.79 Å². The molecule has 2 heterocycles. The van der Waals surface area contributed by atoms with E-state index >= 15 is 0 Å². The first-order valence-electron chi connectivity index (χ1n) is 6.61. The summed E-state index contributed by atoms with van der Waals surface area (Å²) >= 11 is 6.20. The summed E-state index contributed by atoms with van der Waals surface area (Å²) in [5, 5.41) is 6.60. The highest BCUT2D eigenvalue weighted by Crippen LogP contribution is 2.33. The van der Waals surface area contributed by atoms with E-state index in [1.54, 1.807) is 0 Å². The Hall–Kier alpha value is -0.0300. The maximum Gasteiger partial charge on any atom is 0.315 e. The van der Waals surface area contributed by atoms with Crippen molar-refractivity contribution in [1.82, 2.24) is 10.6 Å². The highest BCUT2D eigenvalue weighted by molar-refractivity contribution is 8.00. The molecule has 3 nitrogen and oxygen atoms in total. The molecule has 0 radical (unpaired) electrons. The van der Waals surface area contributed by atoms with Gasteiger partial charge in [0.05, 0.1) is 12.1 Å². The second kappa shape index (κ2) is 8.14. The van der Waals surface area contributed by atoms with Crippen molar-refractivity contribution in [3.8, 4) is 0 Å². The summed E-state index contributed by atoms with van der Waals surface area (Å²) in [5.74, 6) is 2.06. The van der Waals surface area contributed by atoms with Gasteiger partial charge in [-0.1, -0.05) is 26.7 Å². The van der Waals surface area contributed by atoms with Crippen LogP contribution in [0.25, 0.3) is 0 Å². The second-order valence-corrected chi connectivity index (χ2v) is 5.91. The molecule has 0 saturated carbocycles. The second-order valence-electron chi connectivity index (χ2n) is 4.19. The highest BCUT2D eigenvalue weighted by atomic mass is 32.2. The van der Waals surface area contributed by atoms with E-state index in [2.05, 4.69) is 23.3 Å². The smallest absolute Gasteiger partial charge is 0.315 e. The molecule has 0 aromatic heterocycles. The number of hydrogen-bond donors (Lipinski definition) is 3. The van der Waals surface area contributed by atoms with Gasteiger partial charge in [0.2, 0.25) is 0 Å². The SMILES string of the molecule is CC.O=C1NC2CSC(CCCCCS)C2N1. The summed E-state index contributed by atoms with van der Waals surface area (Å²) < 4.78 is 0. The molecule has 5 heteroatoms. The number of rotatable bonds is 5. The lowest BCUT2D eigenvalue weighted by Gasteiger charge is -2.16. The van der Waals surface area contributed by atoms with Crippen molar-refractivity contribution >= 4 is 30.4 Å². The van der Waals surface area contributed by atoms with Gasteiger partial charge in [0, 0.05) is 11.0 Å². The molecule has 2 rings (SSSR count). The van der Waals surface area contributed by atoms with E-state index in [4.69, 9.17) is 0 Å². The summed E-state index contributed by atoms with van der Waals surface area (Å²) in [7, 11) is 0. The Kier molecular flexibility index (Phi) is 7.19. The number of urea groups is 1. The average Bonchev–Trinajstić information content (AvgIpc) is 2.87. The molecular weight excluding hydrogens is 252 g/mol. The molecule has 0 aromatic carbocycles. The summed E-state index contributed by atoms with van der Waals surface area (Å²) in [5.41, 5.74) is 0. The normalized spacial score (nSPS) is 30.1. The Bertz CT molecular complexity index is 239. The van der Waals surface area contributed by atoms with Crippen LogP contribution in [-0.4, -0.2) is 34.9 Å². The van der Waals surface area contributed by atoms with Crippen LogP contribution in [0.2, 0.25) is 0 Å². The lowest BCUT2D eigenvalue weighted by Crippen LogP contribution is -2.36. The third-order valence-corrected chi connectivity index (χ3v) is 4.91. The minimum atomic E-state index is 0.0191. The molecule has 0 bridgehead atoms. The average molecular weight is 276 g/mol. The lowest BCUT2D eigenvalue weighted by atomic mass is 10.0. The number of carbonyl (C=O) groups excluding carboxylic acids is 1. The summed E-state index contributed by atoms with van der Waals surface area (Å²) in [6.45, 7) is 4.00. The molecule has 17 heavy (non-hydrogen) atoms. The standard InChI is InChI=1S/C10H18N2OS2.C2H6/c13-10-11-7-6-15-8(9(7)12-10)4-2-1-3-5-14;1-2/h7-9,14H,1-6H2,(H2,11,12,13);1-2H3. The maximum atomic E-state index is 11.1. The van der Waals surface area contributed by atoms with Crippen LogP contribution in [0.1, 0.15) is 39.5 Å². The van der Waals surface area contributed by atoms with Crippen molar-refractivity contribution < 1.29 is 4.79 Å². The van der Waals surface area contributed by atoms with Crippen molar-refractivity contribution in [1.29, 1.82) is 0 Å². The Balaban J connectivity index is 0.000000686. The number of amides is 2. The zero-order valence-corrected chi connectivity index (χ0v) is 12.4. The fourth-order valence-electron chi connectivity index (χ4n) is 2.28. The first-order valence-corrected chi connectivity index (χ1v) is 8.29. The molecular formula is C12H24N2OS2. The van der Waals surface area contributed by atoms with Gasteiger partial charge in [-0.3, -0.25) is 0 Å². The van der Waals surface area contributed by atoms with E-state index < -0.39 is 0 Å². The van der Waals surface area contributed by atoms with Crippen LogP contribution < -0.4 is 10.6 Å². The zero-order chi connectivity index (χ0) is 12.7. The first kappa shape index (κ1) is 15.0. The monoisotopic (exact) mass is 276 g/mol. The van der Waals surface area contributed by atoms with E-state index in [0.717, 1.165) is 11.5 Å². The predicted molar refractivity (Wildman–Crippen MR) is 79.2 cm³/mol. The number of thioether (sulfide) groups is 1. The molecule has 2 amide bonds. The summed E-state index contributed by atoms with van der Waals surface area (Å²) in [4.78, 5) is 11.1. The van der Waals surface area contributed by atoms with Crippen LogP contribution in [0.4, 0.5) is 4.79 Å². The molecule has 100 valence electrons. The van der Waals surface area contributed by atoms with Gasteiger partial charge < -0.3 is 10.6 Å². The number of carbonyl (C=O) groups is 1. The Labute approximate surface area is 114 Å². The van der Waals surface area contributed by atoms with E-state index in [1.807, 2.05) is 25.6 Å². The topological polar surface area (TPSA) is 41.1 Å². The Morgan fingerprint density at radius 2 is 2.06 bits per heavy atom. The minimum Gasteiger partial charge on any atom is -0.332 e. The molecule has 2 saturated heterocycles. The van der Waals surface area contributed by atoms with Crippen LogP contribution in [0.5, 0.6) is 0 Å². The van der Waals surface area contributed by atoms with Gasteiger partial charge in [0.1, 0.15) is 0 Å². The largest absolute Gasteiger partial charge is 0.332 e. The van der Waals surface area contributed by atoms with E-state index in [0.29, 0.717) is 17.3 Å². The molecule has 2 fully saturated rings. The van der Waals surface area contributed by atoms with Crippen molar-refractivity contribution in [2.24, 2.45) is 0 Å². The molecule has 2 aliphatic rings. The van der Waals surface area contributed by atoms with Crippen LogP contribution >= 0.6 is 24.4 Å². The van der Waals surface area contributed by atoms with Gasteiger partial charge in [-0.05, 0) is 18.6 Å². The van der Waals surface area contributed by atoms with E-state index in [-0.39, 0.29) is 6.03 Å². The Morgan fingerprint density at radius 1 is 1.29 bits per heavy atom. The zero-order valence-electron chi connectivity index (χ0n) is 10.7. The molecule has 3 unspecified atom stereocenters. The third-order valence-electron chi connectivity index (χ3n) is 3.08. The van der Waals surface area contributed by atoms with Crippen molar-refractivity contribution in [2.45, 2.75) is 56.9 Å². The van der Waals surface area contributed by atoms with Crippen molar-refractivity contribution in [3.63, 3.8) is 0 Å². The Morgan fingerprint density at radius 3 is 2.76 bits per heavy atom. The van der Waals surface area contributed by atoms with E-state index in [1.165, 1.54) is 25.7 Å². The van der Waals surface area contributed by atoms with Crippen molar-refractivity contribution in [3.05, 3.63) is 0 Å². The number of thiol groups is 1. The van der Waals surface area contributed by atoms with Gasteiger partial charge >= 0.3 is 6.03 Å². The quantitative estimate of drug-likeness (QED) is 0.410. The van der Waals surface area contributed by atoms with Gasteiger partial charge in [-0.25, -0.2) is 4.79 Å². The van der Waals surface area contributed by atoms with Gasteiger partial charge in [0.25, 0.3) is 0 Å². The third kappa shape index (κ3) is 4.28. The fraction of sp³-hybridized carbons (Fsp3) is 0.917. The fourth-order valence-corrected chi connectivity index (χ4v) is 4.04.